The first kappa shape index (κ1) is 24.5. The van der Waals surface area contributed by atoms with Gasteiger partial charge in [0.2, 0.25) is 5.91 Å². The number of rotatable bonds is 5. The number of H-pyrrole nitrogens is 2. The molecule has 0 aromatic carbocycles. The molecule has 1 aliphatic heterocycles. The lowest BCUT2D eigenvalue weighted by Gasteiger charge is -2.11. The predicted octanol–water partition coefficient (Wildman–Crippen LogP) is 6.06. The number of nitrogens with one attached hydrogen (secondary N) is 3. The van der Waals surface area contributed by atoms with Gasteiger partial charge in [0.25, 0.3) is 0 Å². The molecule has 5 aromatic heterocycles. The van der Waals surface area contributed by atoms with Crippen molar-refractivity contribution in [3.8, 4) is 22.8 Å². The van der Waals surface area contributed by atoms with Crippen molar-refractivity contribution in [1.82, 2.24) is 30.1 Å². The Bertz CT molecular complexity index is 1820. The maximum absolute atomic E-state index is 16.2. The normalized spacial score (nSPS) is 15.3. The molecule has 11 heteroatoms. The minimum Gasteiger partial charge on any atom is -0.338 e. The summed E-state index contributed by atoms with van der Waals surface area (Å²) in [4.78, 5) is 36.2. The molecule has 0 atom stereocenters. The van der Waals surface area contributed by atoms with Crippen molar-refractivity contribution >= 4 is 45.6 Å². The van der Waals surface area contributed by atoms with Gasteiger partial charge in [0.05, 0.1) is 46.9 Å². The third-order valence-electron chi connectivity index (χ3n) is 7.41. The van der Waals surface area contributed by atoms with E-state index in [2.05, 4.69) is 54.5 Å². The average molecular weight is 553 g/mol. The van der Waals surface area contributed by atoms with Gasteiger partial charge in [-0.3, -0.25) is 24.9 Å². The van der Waals surface area contributed by atoms with E-state index in [-0.39, 0.29) is 22.9 Å². The van der Waals surface area contributed by atoms with E-state index in [0.717, 1.165) is 47.5 Å². The molecule has 0 spiro atoms. The number of hydrogen-bond donors (Lipinski definition) is 3. The second-order valence-corrected chi connectivity index (χ2v) is 11.4. The number of nitrogens with zero attached hydrogens (tertiary/aromatic N) is 5. The van der Waals surface area contributed by atoms with Crippen LogP contribution in [0, 0.1) is 18.7 Å². The maximum atomic E-state index is 16.2. The highest BCUT2D eigenvalue weighted by molar-refractivity contribution is 7.13. The quantitative estimate of drug-likeness (QED) is 0.244. The number of carbonyl (C=O) groups is 1. The largest absolute Gasteiger partial charge is 0.338 e. The smallest absolute Gasteiger partial charge is 0.227 e. The number of halogens is 1. The lowest BCUT2D eigenvalue weighted by Crippen LogP contribution is -2.20. The van der Waals surface area contributed by atoms with Gasteiger partial charge in [-0.1, -0.05) is 12.8 Å². The van der Waals surface area contributed by atoms with E-state index in [4.69, 9.17) is 4.98 Å². The molecule has 0 unspecified atom stereocenters. The zero-order valence-electron chi connectivity index (χ0n) is 21.7. The Hall–Kier alpha value is -4.51. The van der Waals surface area contributed by atoms with Crippen molar-refractivity contribution in [1.29, 1.82) is 0 Å². The zero-order chi connectivity index (χ0) is 27.2. The lowest BCUT2D eigenvalue weighted by molar-refractivity contribution is -0.119. The number of allylic oxidation sites excluding steroid dienone is 1. The summed E-state index contributed by atoms with van der Waals surface area (Å²) in [5.74, 6) is -0.113. The number of anilines is 1. The Morgan fingerprint density at radius 3 is 2.83 bits per heavy atom. The van der Waals surface area contributed by atoms with Gasteiger partial charge in [-0.25, -0.2) is 9.37 Å². The highest BCUT2D eigenvalue weighted by atomic mass is 32.1. The summed E-state index contributed by atoms with van der Waals surface area (Å²) in [5.41, 5.74) is 4.46. The van der Waals surface area contributed by atoms with Gasteiger partial charge < -0.3 is 10.3 Å². The zero-order valence-corrected chi connectivity index (χ0v) is 22.5. The molecule has 0 bridgehead atoms. The number of thiophene rings is 1. The van der Waals surface area contributed by atoms with Crippen LogP contribution in [0.2, 0.25) is 0 Å². The standard InChI is InChI=1S/C29H25FN8OS/c1-15-6-7-22(40-15)19-8-9-31-13-21-26(19)36-28(35-21)27-23-20(37-38-27)14-33-25(24(23)30)17-10-18(12-32-11-17)34-29(39)16-4-2-3-5-16/h6-12,14,16H,2-5,13H2,1H3,(H,34,39)(H,35,36)(H,37,38). The summed E-state index contributed by atoms with van der Waals surface area (Å²) in [6, 6.07) is 5.85. The van der Waals surface area contributed by atoms with Crippen LogP contribution in [0.15, 0.2) is 47.9 Å². The predicted molar refractivity (Wildman–Crippen MR) is 154 cm³/mol. The third-order valence-corrected chi connectivity index (χ3v) is 8.44. The van der Waals surface area contributed by atoms with Gasteiger partial charge in [0.15, 0.2) is 11.6 Å². The number of aromatic nitrogens is 6. The molecule has 1 amide bonds. The van der Waals surface area contributed by atoms with Crippen LogP contribution in [0.3, 0.4) is 0 Å². The number of fused-ring (bicyclic) bond motifs is 2. The molecule has 2 aliphatic rings. The van der Waals surface area contributed by atoms with Crippen LogP contribution < -0.4 is 5.32 Å². The van der Waals surface area contributed by atoms with Crippen molar-refractivity contribution in [3.63, 3.8) is 0 Å². The molecule has 40 heavy (non-hydrogen) atoms. The first-order valence-electron chi connectivity index (χ1n) is 13.2. The Morgan fingerprint density at radius 1 is 1.12 bits per heavy atom. The average Bonchev–Trinajstić information content (AvgIpc) is 3.76. The fraction of sp³-hybridized carbons (Fsp3) is 0.241. The number of imidazole rings is 1. The van der Waals surface area contributed by atoms with Gasteiger partial charge in [-0.15, -0.1) is 11.3 Å². The molecule has 200 valence electrons. The summed E-state index contributed by atoms with van der Waals surface area (Å²) in [6.07, 6.45) is 12.3. The number of pyridine rings is 2. The number of carbonyl (C=O) groups excluding carboxylic acids is 1. The van der Waals surface area contributed by atoms with Crippen LogP contribution in [0.5, 0.6) is 0 Å². The topological polar surface area (TPSA) is 125 Å². The Balaban J connectivity index is 1.26. The summed E-state index contributed by atoms with van der Waals surface area (Å²) < 4.78 is 16.2. The van der Waals surface area contributed by atoms with E-state index < -0.39 is 5.82 Å². The highest BCUT2D eigenvalue weighted by Crippen LogP contribution is 2.36. The minimum absolute atomic E-state index is 0.0108. The molecular weight excluding hydrogens is 527 g/mol. The van der Waals surface area contributed by atoms with Gasteiger partial charge in [-0.2, -0.15) is 5.10 Å². The molecule has 0 radical (unpaired) electrons. The van der Waals surface area contributed by atoms with Crippen LogP contribution in [0.1, 0.15) is 46.8 Å². The summed E-state index contributed by atoms with van der Waals surface area (Å²) >= 11 is 1.68. The Morgan fingerprint density at radius 2 is 2.00 bits per heavy atom. The number of aryl methyl sites for hydroxylation is 1. The molecule has 9 nitrogen and oxygen atoms in total. The van der Waals surface area contributed by atoms with Gasteiger partial charge in [-0.05, 0) is 44.0 Å². The second-order valence-electron chi connectivity index (χ2n) is 10.1. The van der Waals surface area contributed by atoms with E-state index in [1.54, 1.807) is 36.0 Å². The second kappa shape index (κ2) is 9.91. The molecule has 1 fully saturated rings. The van der Waals surface area contributed by atoms with Crippen LogP contribution in [0.4, 0.5) is 10.1 Å². The first-order valence-corrected chi connectivity index (χ1v) is 14.0. The maximum Gasteiger partial charge on any atom is 0.227 e. The van der Waals surface area contributed by atoms with Crippen LogP contribution >= 0.6 is 11.3 Å². The van der Waals surface area contributed by atoms with Crippen LogP contribution in [-0.2, 0) is 11.3 Å². The molecule has 5 aromatic rings. The molecule has 0 saturated heterocycles. The molecule has 7 rings (SSSR count). The minimum atomic E-state index is -0.545. The summed E-state index contributed by atoms with van der Waals surface area (Å²) in [5, 5.41) is 10.5. The van der Waals surface area contributed by atoms with E-state index in [9.17, 15) is 4.79 Å². The van der Waals surface area contributed by atoms with Crippen LogP contribution in [-0.4, -0.2) is 42.3 Å². The fourth-order valence-electron chi connectivity index (χ4n) is 5.40. The number of aliphatic imine (C=N–C) groups is 1. The lowest BCUT2D eigenvalue weighted by atomic mass is 10.1. The van der Waals surface area contributed by atoms with E-state index in [1.165, 1.54) is 11.1 Å². The Kier molecular flexibility index (Phi) is 6.07. The number of aromatic amines is 2. The monoisotopic (exact) mass is 552 g/mol. The van der Waals surface area contributed by atoms with E-state index in [1.807, 2.05) is 6.08 Å². The summed E-state index contributed by atoms with van der Waals surface area (Å²) in [6.45, 7) is 2.49. The first-order chi connectivity index (χ1) is 19.5. The van der Waals surface area contributed by atoms with Crippen LogP contribution in [0.25, 0.3) is 39.3 Å². The fourth-order valence-corrected chi connectivity index (χ4v) is 6.30. The number of amides is 1. The van der Waals surface area contributed by atoms with Crippen molar-refractivity contribution in [2.75, 3.05) is 5.32 Å². The molecule has 6 heterocycles. The highest BCUT2D eigenvalue weighted by Gasteiger charge is 2.25. The Labute approximate surface area is 232 Å². The van der Waals surface area contributed by atoms with Crippen molar-refractivity contribution in [2.45, 2.75) is 39.2 Å². The van der Waals surface area contributed by atoms with Gasteiger partial charge in [0, 0.05) is 39.2 Å². The summed E-state index contributed by atoms with van der Waals surface area (Å²) in [7, 11) is 0. The third kappa shape index (κ3) is 4.32. The molecule has 3 N–H and O–H groups in total. The molecule has 1 saturated carbocycles. The van der Waals surface area contributed by atoms with E-state index in [0.29, 0.717) is 34.8 Å². The molecular formula is C29H25FN8OS. The van der Waals surface area contributed by atoms with E-state index >= 15 is 4.39 Å². The number of hydrogen-bond acceptors (Lipinski definition) is 7. The van der Waals surface area contributed by atoms with Crippen molar-refractivity contribution in [2.24, 2.45) is 10.9 Å². The SMILES string of the molecule is Cc1ccc(C2=CC=NCc3[nH]c(-c4n[nH]c5cnc(-c6cncc(NC(=O)C7CCCC7)c6)c(F)c45)nc32)s1. The van der Waals surface area contributed by atoms with Gasteiger partial charge >= 0.3 is 0 Å². The molecule has 1 aliphatic carbocycles. The van der Waals surface area contributed by atoms with Crippen molar-refractivity contribution < 1.29 is 9.18 Å². The van der Waals surface area contributed by atoms with Crippen molar-refractivity contribution in [3.05, 3.63) is 69.8 Å². The van der Waals surface area contributed by atoms with Gasteiger partial charge in [0.1, 0.15) is 11.4 Å².